The number of hydrogen-bond acceptors (Lipinski definition) is 5. The van der Waals surface area contributed by atoms with Crippen molar-refractivity contribution < 1.29 is 9.21 Å². The van der Waals surface area contributed by atoms with Crippen molar-refractivity contribution in [2.75, 3.05) is 24.5 Å². The molecule has 2 aromatic heterocycles. The van der Waals surface area contributed by atoms with E-state index in [0.29, 0.717) is 28.9 Å². The summed E-state index contributed by atoms with van der Waals surface area (Å²) in [5.74, 6) is -0.0165. The van der Waals surface area contributed by atoms with Gasteiger partial charge in [-0.3, -0.25) is 4.79 Å². The van der Waals surface area contributed by atoms with Crippen molar-refractivity contribution in [2.45, 2.75) is 26.8 Å². The molecule has 0 N–H and O–H groups in total. The smallest absolute Gasteiger partial charge is 0.345 e. The number of amides is 1. The fourth-order valence-corrected chi connectivity index (χ4v) is 5.54. The van der Waals surface area contributed by atoms with Crippen molar-refractivity contribution in [3.63, 3.8) is 0 Å². The standard InChI is InChI=1S/C25H24N2O3S/c1-15-5-4-6-18(11-15)27-10-9-26(14-17(27)3)24(28)22-13-20-23(31-22)19-12-16(2)7-8-21(19)30-25(20)29/h4-8,11-13,17H,9-10,14H2,1-3H3/t17-/m1/s1. The molecule has 5 rings (SSSR count). The van der Waals surface area contributed by atoms with Gasteiger partial charge in [0.15, 0.2) is 0 Å². The van der Waals surface area contributed by atoms with Gasteiger partial charge < -0.3 is 14.2 Å². The topological polar surface area (TPSA) is 53.8 Å². The van der Waals surface area contributed by atoms with Crippen molar-refractivity contribution in [2.24, 2.45) is 0 Å². The Bertz CT molecular complexity index is 1370. The zero-order valence-electron chi connectivity index (χ0n) is 17.8. The highest BCUT2D eigenvalue weighted by atomic mass is 32.1. The summed E-state index contributed by atoms with van der Waals surface area (Å²) in [5.41, 5.74) is 3.68. The van der Waals surface area contributed by atoms with Crippen molar-refractivity contribution >= 4 is 44.0 Å². The van der Waals surface area contributed by atoms with Gasteiger partial charge in [0.25, 0.3) is 5.91 Å². The highest BCUT2D eigenvalue weighted by Crippen LogP contribution is 2.32. The molecule has 0 saturated carbocycles. The van der Waals surface area contributed by atoms with Crippen molar-refractivity contribution in [1.82, 2.24) is 4.90 Å². The van der Waals surface area contributed by atoms with Crippen molar-refractivity contribution in [3.05, 3.63) is 75.0 Å². The monoisotopic (exact) mass is 432 g/mol. The normalized spacial score (nSPS) is 16.9. The first-order chi connectivity index (χ1) is 14.9. The van der Waals surface area contributed by atoms with Crippen LogP contribution in [0.15, 0.2) is 57.7 Å². The van der Waals surface area contributed by atoms with Crippen LogP contribution in [0, 0.1) is 13.8 Å². The molecule has 1 aliphatic heterocycles. The zero-order chi connectivity index (χ0) is 21.7. The number of hydrogen-bond donors (Lipinski definition) is 0. The Labute approximate surface area is 184 Å². The minimum atomic E-state index is -0.390. The number of carbonyl (C=O) groups is 1. The zero-order valence-corrected chi connectivity index (χ0v) is 18.7. The minimum absolute atomic E-state index is 0.0165. The molecular weight excluding hydrogens is 408 g/mol. The van der Waals surface area contributed by atoms with Gasteiger partial charge in [0.2, 0.25) is 0 Å². The van der Waals surface area contributed by atoms with Crippen molar-refractivity contribution in [1.29, 1.82) is 0 Å². The van der Waals surface area contributed by atoms with Crippen LogP contribution in [0.5, 0.6) is 0 Å². The van der Waals surface area contributed by atoms with Gasteiger partial charge in [0.05, 0.1) is 15.0 Å². The van der Waals surface area contributed by atoms with Gasteiger partial charge >= 0.3 is 5.63 Å². The van der Waals surface area contributed by atoms with Gasteiger partial charge in [-0.1, -0.05) is 23.8 Å². The third-order valence-electron chi connectivity index (χ3n) is 5.99. The molecule has 2 aromatic carbocycles. The molecule has 1 amide bonds. The summed E-state index contributed by atoms with van der Waals surface area (Å²) in [4.78, 5) is 30.6. The van der Waals surface area contributed by atoms with Gasteiger partial charge in [-0.15, -0.1) is 11.3 Å². The molecule has 0 radical (unpaired) electrons. The lowest BCUT2D eigenvalue weighted by atomic mass is 10.1. The van der Waals surface area contributed by atoms with Gasteiger partial charge in [-0.25, -0.2) is 4.79 Å². The highest BCUT2D eigenvalue weighted by Gasteiger charge is 2.29. The fraction of sp³-hybridized carbons (Fsp3) is 0.280. The first kappa shape index (κ1) is 19.8. The highest BCUT2D eigenvalue weighted by molar-refractivity contribution is 7.21. The lowest BCUT2D eigenvalue weighted by molar-refractivity contribution is 0.0731. The van der Waals surface area contributed by atoms with E-state index in [1.807, 2.05) is 30.0 Å². The second-order valence-corrected chi connectivity index (χ2v) is 9.43. The lowest BCUT2D eigenvalue weighted by Crippen LogP contribution is -2.53. The minimum Gasteiger partial charge on any atom is -0.422 e. The molecule has 1 aliphatic rings. The van der Waals surface area contributed by atoms with E-state index in [1.54, 1.807) is 6.07 Å². The fourth-order valence-electron chi connectivity index (χ4n) is 4.40. The predicted octanol–water partition coefficient (Wildman–Crippen LogP) is 4.98. The third-order valence-corrected chi connectivity index (χ3v) is 7.15. The van der Waals surface area contributed by atoms with E-state index in [9.17, 15) is 9.59 Å². The Kier molecular flexibility index (Phi) is 4.82. The maximum absolute atomic E-state index is 13.3. The maximum Gasteiger partial charge on any atom is 0.345 e. The number of fused-ring (bicyclic) bond motifs is 3. The third kappa shape index (κ3) is 3.51. The largest absolute Gasteiger partial charge is 0.422 e. The van der Waals surface area contributed by atoms with Gasteiger partial charge in [-0.05, 0) is 56.7 Å². The van der Waals surface area contributed by atoms with E-state index in [1.165, 1.54) is 22.6 Å². The molecule has 0 aliphatic carbocycles. The first-order valence-corrected chi connectivity index (χ1v) is 11.3. The molecule has 0 unspecified atom stereocenters. The van der Waals surface area contributed by atoms with Crippen LogP contribution in [0.4, 0.5) is 5.69 Å². The molecule has 1 saturated heterocycles. The van der Waals surface area contributed by atoms with Crippen LogP contribution < -0.4 is 10.5 Å². The molecule has 31 heavy (non-hydrogen) atoms. The Balaban J connectivity index is 1.44. The molecular formula is C25H24N2O3S. The Morgan fingerprint density at radius 3 is 2.61 bits per heavy atom. The van der Waals surface area contributed by atoms with E-state index in [0.717, 1.165) is 22.2 Å². The predicted molar refractivity (Wildman–Crippen MR) is 126 cm³/mol. The summed E-state index contributed by atoms with van der Waals surface area (Å²) in [5, 5.41) is 1.37. The number of nitrogens with zero attached hydrogens (tertiary/aromatic N) is 2. The average molecular weight is 433 g/mol. The quantitative estimate of drug-likeness (QED) is 0.420. The van der Waals surface area contributed by atoms with E-state index in [4.69, 9.17) is 4.42 Å². The van der Waals surface area contributed by atoms with Crippen LogP contribution in [0.1, 0.15) is 27.7 Å². The molecule has 3 heterocycles. The Morgan fingerprint density at radius 1 is 1.03 bits per heavy atom. The van der Waals surface area contributed by atoms with E-state index in [2.05, 4.69) is 43.0 Å². The summed E-state index contributed by atoms with van der Waals surface area (Å²) >= 11 is 1.39. The second-order valence-electron chi connectivity index (χ2n) is 8.38. The Morgan fingerprint density at radius 2 is 1.84 bits per heavy atom. The summed E-state index contributed by atoms with van der Waals surface area (Å²) in [7, 11) is 0. The molecule has 158 valence electrons. The van der Waals surface area contributed by atoms with Gasteiger partial charge in [0.1, 0.15) is 5.58 Å². The summed E-state index contributed by atoms with van der Waals surface area (Å²) < 4.78 is 6.30. The van der Waals surface area contributed by atoms with Crippen LogP contribution in [-0.2, 0) is 0 Å². The number of benzene rings is 2. The van der Waals surface area contributed by atoms with Gasteiger partial charge in [0, 0.05) is 36.7 Å². The first-order valence-electron chi connectivity index (χ1n) is 10.5. The van der Waals surface area contributed by atoms with E-state index >= 15 is 0 Å². The van der Waals surface area contributed by atoms with Gasteiger partial charge in [-0.2, -0.15) is 0 Å². The van der Waals surface area contributed by atoms with E-state index in [-0.39, 0.29) is 17.6 Å². The maximum atomic E-state index is 13.3. The number of rotatable bonds is 2. The van der Waals surface area contributed by atoms with Crippen LogP contribution >= 0.6 is 11.3 Å². The molecule has 6 heteroatoms. The average Bonchev–Trinajstić information content (AvgIpc) is 3.20. The molecule has 0 bridgehead atoms. The molecule has 1 atom stereocenters. The number of anilines is 1. The Hall–Kier alpha value is -3.12. The summed E-state index contributed by atoms with van der Waals surface area (Å²) in [6.45, 7) is 8.33. The molecule has 4 aromatic rings. The van der Waals surface area contributed by atoms with Crippen LogP contribution in [0.2, 0.25) is 0 Å². The summed E-state index contributed by atoms with van der Waals surface area (Å²) in [6.07, 6.45) is 0. The number of piperazine rings is 1. The number of aryl methyl sites for hydroxylation is 2. The number of thiophene rings is 1. The van der Waals surface area contributed by atoms with Crippen LogP contribution in [0.3, 0.4) is 0 Å². The second kappa shape index (κ2) is 7.54. The number of carbonyl (C=O) groups excluding carboxylic acids is 1. The van der Waals surface area contributed by atoms with Crippen molar-refractivity contribution in [3.8, 4) is 0 Å². The lowest BCUT2D eigenvalue weighted by Gasteiger charge is -2.41. The molecule has 0 spiro atoms. The van der Waals surface area contributed by atoms with Crippen LogP contribution in [-0.4, -0.2) is 36.5 Å². The molecule has 1 fully saturated rings. The molecule has 5 nitrogen and oxygen atoms in total. The summed E-state index contributed by atoms with van der Waals surface area (Å²) in [6, 6.07) is 16.1. The SMILES string of the molecule is Cc1cccc(N2CCN(C(=O)c3cc4c(=O)oc5ccc(C)cc5c4s3)C[C@H]2C)c1. The van der Waals surface area contributed by atoms with Crippen LogP contribution in [0.25, 0.3) is 21.1 Å². The van der Waals surface area contributed by atoms with E-state index < -0.39 is 0 Å².